The molecule has 0 heterocycles. The molecular formula is C17H19ClN2O3S. The van der Waals surface area contributed by atoms with E-state index < -0.39 is 15.9 Å². The average molecular weight is 367 g/mol. The summed E-state index contributed by atoms with van der Waals surface area (Å²) in [4.78, 5) is 12.5. The fraction of sp³-hybridized carbons (Fsp3) is 0.235. The van der Waals surface area contributed by atoms with Gasteiger partial charge < -0.3 is 5.32 Å². The van der Waals surface area contributed by atoms with Crippen LogP contribution < -0.4 is 5.32 Å². The number of carbonyl (C=O) groups is 1. The number of nitrogens with one attached hydrogen (secondary N) is 1. The van der Waals surface area contributed by atoms with E-state index in [9.17, 15) is 13.2 Å². The van der Waals surface area contributed by atoms with Gasteiger partial charge in [0.05, 0.1) is 15.5 Å². The van der Waals surface area contributed by atoms with Crippen LogP contribution in [-0.4, -0.2) is 32.7 Å². The molecule has 1 amide bonds. The number of carbonyl (C=O) groups excluding carboxylic acids is 1. The van der Waals surface area contributed by atoms with Gasteiger partial charge >= 0.3 is 0 Å². The van der Waals surface area contributed by atoms with Crippen molar-refractivity contribution in [3.05, 3.63) is 58.6 Å². The number of halogens is 1. The molecule has 2 aromatic rings. The minimum absolute atomic E-state index is 0.0170. The van der Waals surface area contributed by atoms with Gasteiger partial charge in [0.25, 0.3) is 5.91 Å². The molecule has 7 heteroatoms. The fourth-order valence-corrected chi connectivity index (χ4v) is 3.20. The van der Waals surface area contributed by atoms with Gasteiger partial charge in [0.1, 0.15) is 0 Å². The standard InChI is InChI=1S/C17H19ClN2O3S/c1-4-12-5-7-13(8-6-12)19-17(21)15-11-14(9-10-16(15)18)24(22,23)20(2)3/h5-11H,4H2,1-3H3,(H,19,21). The van der Waals surface area contributed by atoms with E-state index in [0.29, 0.717) is 5.69 Å². The van der Waals surface area contributed by atoms with E-state index in [4.69, 9.17) is 11.6 Å². The van der Waals surface area contributed by atoms with Crippen molar-refractivity contribution in [3.63, 3.8) is 0 Å². The zero-order valence-corrected chi connectivity index (χ0v) is 15.3. The van der Waals surface area contributed by atoms with Gasteiger partial charge in [-0.2, -0.15) is 0 Å². The Morgan fingerprint density at radius 3 is 2.29 bits per heavy atom. The van der Waals surface area contributed by atoms with E-state index in [2.05, 4.69) is 5.32 Å². The Balaban J connectivity index is 2.31. The van der Waals surface area contributed by atoms with Crippen molar-refractivity contribution in [2.45, 2.75) is 18.2 Å². The Kier molecular flexibility index (Phi) is 5.64. The number of rotatable bonds is 5. The van der Waals surface area contributed by atoms with Crippen LogP contribution in [0.5, 0.6) is 0 Å². The summed E-state index contributed by atoms with van der Waals surface area (Å²) in [6.07, 6.45) is 0.907. The quantitative estimate of drug-likeness (QED) is 0.881. The predicted octanol–water partition coefficient (Wildman–Crippen LogP) is 3.41. The summed E-state index contributed by atoms with van der Waals surface area (Å²) in [6, 6.07) is 11.5. The monoisotopic (exact) mass is 366 g/mol. The summed E-state index contributed by atoms with van der Waals surface area (Å²) in [7, 11) is -0.778. The van der Waals surface area contributed by atoms with Gasteiger partial charge in [-0.1, -0.05) is 30.7 Å². The Bertz CT molecular complexity index is 847. The molecule has 0 aliphatic carbocycles. The topological polar surface area (TPSA) is 66.5 Å². The maximum atomic E-state index is 12.4. The third-order valence-corrected chi connectivity index (χ3v) is 5.72. The highest BCUT2D eigenvalue weighted by Crippen LogP contribution is 2.23. The SMILES string of the molecule is CCc1ccc(NC(=O)c2cc(S(=O)(=O)N(C)C)ccc2Cl)cc1. The molecule has 2 rings (SSSR count). The van der Waals surface area contributed by atoms with Crippen molar-refractivity contribution >= 4 is 33.2 Å². The van der Waals surface area contributed by atoms with Crippen LogP contribution in [0.3, 0.4) is 0 Å². The summed E-state index contributed by atoms with van der Waals surface area (Å²) >= 11 is 6.07. The van der Waals surface area contributed by atoms with Crippen molar-refractivity contribution in [2.24, 2.45) is 0 Å². The highest BCUT2D eigenvalue weighted by Gasteiger charge is 2.20. The van der Waals surface area contributed by atoms with Gasteiger partial charge in [0.15, 0.2) is 0 Å². The largest absolute Gasteiger partial charge is 0.322 e. The number of amides is 1. The number of benzene rings is 2. The van der Waals surface area contributed by atoms with E-state index in [0.717, 1.165) is 16.3 Å². The number of anilines is 1. The second-order valence-electron chi connectivity index (χ2n) is 5.43. The van der Waals surface area contributed by atoms with Gasteiger partial charge in [-0.25, -0.2) is 12.7 Å². The molecular weight excluding hydrogens is 348 g/mol. The molecule has 0 spiro atoms. The molecule has 5 nitrogen and oxygen atoms in total. The molecule has 2 aromatic carbocycles. The number of hydrogen-bond donors (Lipinski definition) is 1. The van der Waals surface area contributed by atoms with Crippen molar-refractivity contribution in [1.29, 1.82) is 0 Å². The van der Waals surface area contributed by atoms with Crippen molar-refractivity contribution in [3.8, 4) is 0 Å². The highest BCUT2D eigenvalue weighted by atomic mass is 35.5. The zero-order valence-electron chi connectivity index (χ0n) is 13.7. The van der Waals surface area contributed by atoms with Crippen LogP contribution in [0.1, 0.15) is 22.8 Å². The highest BCUT2D eigenvalue weighted by molar-refractivity contribution is 7.89. The van der Waals surface area contributed by atoms with Crippen LogP contribution in [0, 0.1) is 0 Å². The molecule has 0 aliphatic heterocycles. The van der Waals surface area contributed by atoms with E-state index >= 15 is 0 Å². The van der Waals surface area contributed by atoms with Gasteiger partial charge in [-0.15, -0.1) is 0 Å². The lowest BCUT2D eigenvalue weighted by Gasteiger charge is -2.13. The first-order valence-electron chi connectivity index (χ1n) is 7.38. The van der Waals surface area contributed by atoms with E-state index in [1.165, 1.54) is 32.3 Å². The van der Waals surface area contributed by atoms with Crippen molar-refractivity contribution in [1.82, 2.24) is 4.31 Å². The van der Waals surface area contributed by atoms with Crippen molar-refractivity contribution in [2.75, 3.05) is 19.4 Å². The van der Waals surface area contributed by atoms with Crippen molar-refractivity contribution < 1.29 is 13.2 Å². The fourth-order valence-electron chi connectivity index (χ4n) is 2.07. The Hall–Kier alpha value is -1.89. The number of aryl methyl sites for hydroxylation is 1. The molecule has 0 saturated heterocycles. The molecule has 0 saturated carbocycles. The molecule has 24 heavy (non-hydrogen) atoms. The number of hydrogen-bond acceptors (Lipinski definition) is 3. The zero-order chi connectivity index (χ0) is 17.9. The molecule has 0 aliphatic rings. The number of nitrogens with zero attached hydrogens (tertiary/aromatic N) is 1. The lowest BCUT2D eigenvalue weighted by molar-refractivity contribution is 0.102. The third-order valence-electron chi connectivity index (χ3n) is 3.58. The molecule has 0 fully saturated rings. The van der Waals surface area contributed by atoms with Gasteiger partial charge in [0, 0.05) is 19.8 Å². The smallest absolute Gasteiger partial charge is 0.257 e. The van der Waals surface area contributed by atoms with E-state index in [-0.39, 0.29) is 15.5 Å². The molecule has 0 radical (unpaired) electrons. The molecule has 0 unspecified atom stereocenters. The second kappa shape index (κ2) is 7.34. The molecule has 0 bridgehead atoms. The third kappa shape index (κ3) is 3.95. The van der Waals surface area contributed by atoms with Crippen LogP contribution >= 0.6 is 11.6 Å². The van der Waals surface area contributed by atoms with E-state index in [1.54, 1.807) is 12.1 Å². The Morgan fingerprint density at radius 2 is 1.75 bits per heavy atom. The Labute approximate surface area is 147 Å². The summed E-state index contributed by atoms with van der Waals surface area (Å²) < 4.78 is 25.5. The molecule has 128 valence electrons. The molecule has 0 aromatic heterocycles. The van der Waals surface area contributed by atoms with E-state index in [1.807, 2.05) is 19.1 Å². The molecule has 0 atom stereocenters. The minimum atomic E-state index is -3.64. The summed E-state index contributed by atoms with van der Waals surface area (Å²) in [6.45, 7) is 2.05. The summed E-state index contributed by atoms with van der Waals surface area (Å²) in [5, 5.41) is 2.92. The normalized spacial score (nSPS) is 11.5. The first-order valence-corrected chi connectivity index (χ1v) is 9.20. The maximum absolute atomic E-state index is 12.4. The second-order valence-corrected chi connectivity index (χ2v) is 7.99. The summed E-state index contributed by atoms with van der Waals surface area (Å²) in [5.74, 6) is -0.458. The lowest BCUT2D eigenvalue weighted by Crippen LogP contribution is -2.23. The van der Waals surface area contributed by atoms with Crippen LogP contribution in [0.2, 0.25) is 5.02 Å². The van der Waals surface area contributed by atoms with Gasteiger partial charge in [-0.05, 0) is 42.3 Å². The van der Waals surface area contributed by atoms with Crippen LogP contribution in [0.15, 0.2) is 47.4 Å². The van der Waals surface area contributed by atoms with Gasteiger partial charge in [-0.3, -0.25) is 4.79 Å². The molecule has 1 N–H and O–H groups in total. The average Bonchev–Trinajstić information content (AvgIpc) is 2.55. The Morgan fingerprint density at radius 1 is 1.12 bits per heavy atom. The van der Waals surface area contributed by atoms with Crippen LogP contribution in [0.25, 0.3) is 0 Å². The summed E-state index contributed by atoms with van der Waals surface area (Å²) in [5.41, 5.74) is 1.89. The minimum Gasteiger partial charge on any atom is -0.322 e. The van der Waals surface area contributed by atoms with Crippen LogP contribution in [0.4, 0.5) is 5.69 Å². The first kappa shape index (κ1) is 18.4. The first-order chi connectivity index (χ1) is 11.3. The number of sulfonamides is 1. The van der Waals surface area contributed by atoms with Crippen LogP contribution in [-0.2, 0) is 16.4 Å². The lowest BCUT2D eigenvalue weighted by atomic mass is 10.1. The van der Waals surface area contributed by atoms with Gasteiger partial charge in [0.2, 0.25) is 10.0 Å². The maximum Gasteiger partial charge on any atom is 0.257 e. The predicted molar refractivity (Wildman–Crippen MR) is 96.1 cm³/mol.